The Morgan fingerprint density at radius 2 is 1.92 bits per heavy atom. The van der Waals surface area contributed by atoms with Gasteiger partial charge in [-0.05, 0) is 66.5 Å². The molecule has 7 nitrogen and oxygen atoms in total. The number of carbonyl (C=O) groups is 1. The largest absolute Gasteiger partial charge is 0.445 e. The summed E-state index contributed by atoms with van der Waals surface area (Å²) in [4.78, 5) is 22.9. The van der Waals surface area contributed by atoms with Gasteiger partial charge in [0.25, 0.3) is 5.91 Å². The molecule has 1 fully saturated rings. The minimum Gasteiger partial charge on any atom is -0.445 e. The number of anilines is 2. The van der Waals surface area contributed by atoms with Crippen LogP contribution in [0.15, 0.2) is 28.8 Å². The lowest BCUT2D eigenvalue weighted by Crippen LogP contribution is -2.40. The Balaban J connectivity index is 1.48. The SMILES string of the molecule is CN(C)c1ccnc(N[C@H]2CC[C@@H](NC(=O)c3ccc(I)o3)CC2)n1. The van der Waals surface area contributed by atoms with Gasteiger partial charge in [0, 0.05) is 32.4 Å². The van der Waals surface area contributed by atoms with Crippen molar-refractivity contribution in [1.29, 1.82) is 0 Å². The van der Waals surface area contributed by atoms with E-state index in [-0.39, 0.29) is 11.9 Å². The average molecular weight is 455 g/mol. The third-order valence-electron chi connectivity index (χ3n) is 4.29. The zero-order valence-electron chi connectivity index (χ0n) is 14.3. The molecule has 0 bridgehead atoms. The van der Waals surface area contributed by atoms with E-state index in [0.29, 0.717) is 17.8 Å². The first-order chi connectivity index (χ1) is 12.0. The van der Waals surface area contributed by atoms with Crippen LogP contribution >= 0.6 is 22.6 Å². The van der Waals surface area contributed by atoms with E-state index in [1.54, 1.807) is 18.3 Å². The van der Waals surface area contributed by atoms with Crippen molar-refractivity contribution in [3.05, 3.63) is 33.9 Å². The number of nitrogens with one attached hydrogen (secondary N) is 2. The number of hydrogen-bond donors (Lipinski definition) is 2. The quantitative estimate of drug-likeness (QED) is 0.675. The minimum atomic E-state index is -0.138. The number of halogens is 1. The minimum absolute atomic E-state index is 0.138. The van der Waals surface area contributed by atoms with E-state index in [1.807, 2.05) is 25.1 Å². The lowest BCUT2D eigenvalue weighted by molar-refractivity contribution is 0.0897. The molecule has 2 N–H and O–H groups in total. The Morgan fingerprint density at radius 1 is 1.20 bits per heavy atom. The van der Waals surface area contributed by atoms with Gasteiger partial charge in [0.1, 0.15) is 5.82 Å². The van der Waals surface area contributed by atoms with Crippen molar-refractivity contribution in [3.63, 3.8) is 0 Å². The van der Waals surface area contributed by atoms with Crippen LogP contribution in [0.25, 0.3) is 0 Å². The van der Waals surface area contributed by atoms with Crippen LogP contribution < -0.4 is 15.5 Å². The van der Waals surface area contributed by atoms with E-state index in [0.717, 1.165) is 35.3 Å². The van der Waals surface area contributed by atoms with E-state index in [2.05, 4.69) is 43.2 Å². The zero-order valence-corrected chi connectivity index (χ0v) is 16.5. The highest BCUT2D eigenvalue weighted by Crippen LogP contribution is 2.22. The fourth-order valence-corrected chi connectivity index (χ4v) is 3.34. The van der Waals surface area contributed by atoms with Crippen LogP contribution in [0.4, 0.5) is 11.8 Å². The van der Waals surface area contributed by atoms with Crippen molar-refractivity contribution in [2.45, 2.75) is 37.8 Å². The summed E-state index contributed by atoms with van der Waals surface area (Å²) in [7, 11) is 3.92. The van der Waals surface area contributed by atoms with Crippen LogP contribution in [0, 0.1) is 3.77 Å². The van der Waals surface area contributed by atoms with Crippen molar-refractivity contribution in [2.75, 3.05) is 24.3 Å². The Bertz CT molecular complexity index is 725. The van der Waals surface area contributed by atoms with Gasteiger partial charge in [-0.25, -0.2) is 4.98 Å². The monoisotopic (exact) mass is 455 g/mol. The molecule has 2 aromatic heterocycles. The lowest BCUT2D eigenvalue weighted by Gasteiger charge is -2.29. The molecule has 0 aromatic carbocycles. The predicted octanol–water partition coefficient (Wildman–Crippen LogP) is 2.89. The summed E-state index contributed by atoms with van der Waals surface area (Å²) >= 11 is 2.05. The summed E-state index contributed by atoms with van der Waals surface area (Å²) in [6.07, 6.45) is 5.55. The van der Waals surface area contributed by atoms with Gasteiger partial charge < -0.3 is 20.0 Å². The van der Waals surface area contributed by atoms with Crippen molar-refractivity contribution < 1.29 is 9.21 Å². The number of furan rings is 1. The van der Waals surface area contributed by atoms with Crippen molar-refractivity contribution in [3.8, 4) is 0 Å². The third-order valence-corrected chi connectivity index (χ3v) is 4.87. The lowest BCUT2D eigenvalue weighted by atomic mass is 9.91. The normalized spacial score (nSPS) is 20.1. The van der Waals surface area contributed by atoms with E-state index < -0.39 is 0 Å². The van der Waals surface area contributed by atoms with Gasteiger partial charge in [0.15, 0.2) is 9.53 Å². The van der Waals surface area contributed by atoms with E-state index in [9.17, 15) is 4.79 Å². The molecule has 134 valence electrons. The molecule has 1 amide bonds. The molecule has 8 heteroatoms. The molecule has 0 saturated heterocycles. The molecule has 0 atom stereocenters. The second kappa shape index (κ2) is 8.03. The molecule has 0 aliphatic heterocycles. The average Bonchev–Trinajstić information content (AvgIpc) is 3.03. The first kappa shape index (κ1) is 18.0. The van der Waals surface area contributed by atoms with Crippen LogP contribution in [0.3, 0.4) is 0 Å². The van der Waals surface area contributed by atoms with Crippen molar-refractivity contribution in [2.24, 2.45) is 0 Å². The maximum Gasteiger partial charge on any atom is 0.287 e. The van der Waals surface area contributed by atoms with E-state index >= 15 is 0 Å². The number of nitrogens with zero attached hydrogens (tertiary/aromatic N) is 3. The van der Waals surface area contributed by atoms with Gasteiger partial charge in [0.05, 0.1) is 0 Å². The third kappa shape index (κ3) is 4.83. The molecule has 2 aromatic rings. The number of hydrogen-bond acceptors (Lipinski definition) is 6. The summed E-state index contributed by atoms with van der Waals surface area (Å²) in [5, 5.41) is 6.46. The molecule has 0 spiro atoms. The first-order valence-corrected chi connectivity index (χ1v) is 9.42. The molecule has 1 aliphatic carbocycles. The molecular weight excluding hydrogens is 433 g/mol. The van der Waals surface area contributed by atoms with Crippen molar-refractivity contribution >= 4 is 40.3 Å². The van der Waals surface area contributed by atoms with Crippen LogP contribution in [0.2, 0.25) is 0 Å². The molecule has 1 saturated carbocycles. The van der Waals surface area contributed by atoms with Gasteiger partial charge in [-0.15, -0.1) is 0 Å². The smallest absolute Gasteiger partial charge is 0.287 e. The van der Waals surface area contributed by atoms with Gasteiger partial charge in [-0.3, -0.25) is 4.79 Å². The van der Waals surface area contributed by atoms with Crippen LogP contribution in [-0.2, 0) is 0 Å². The molecule has 2 heterocycles. The van der Waals surface area contributed by atoms with Gasteiger partial charge in [-0.2, -0.15) is 4.98 Å². The van der Waals surface area contributed by atoms with Gasteiger partial charge >= 0.3 is 0 Å². The van der Waals surface area contributed by atoms with Crippen LogP contribution in [-0.4, -0.2) is 42.1 Å². The Morgan fingerprint density at radius 3 is 2.56 bits per heavy atom. The van der Waals surface area contributed by atoms with Gasteiger partial charge in [0.2, 0.25) is 5.95 Å². The summed E-state index contributed by atoms with van der Waals surface area (Å²) in [6.45, 7) is 0. The summed E-state index contributed by atoms with van der Waals surface area (Å²) in [6, 6.07) is 5.89. The number of aromatic nitrogens is 2. The molecule has 0 radical (unpaired) electrons. The second-order valence-corrected chi connectivity index (χ2v) is 7.47. The standard InChI is InChI=1S/C17H22IN5O2/c1-23(2)15-9-10-19-17(22-15)21-12-5-3-11(4-6-12)20-16(24)13-7-8-14(18)25-13/h7-12H,3-6H2,1-2H3,(H,20,24)(H,19,21,22)/t11-,12+. The molecule has 3 rings (SSSR count). The number of rotatable bonds is 5. The van der Waals surface area contributed by atoms with Crippen LogP contribution in [0.5, 0.6) is 0 Å². The highest BCUT2D eigenvalue weighted by Gasteiger charge is 2.24. The Hall–Kier alpha value is -1.84. The molecule has 0 unspecified atom stereocenters. The molecule has 1 aliphatic rings. The number of carbonyl (C=O) groups excluding carboxylic acids is 1. The fraction of sp³-hybridized carbons (Fsp3) is 0.471. The Labute approximate surface area is 160 Å². The van der Waals surface area contributed by atoms with Gasteiger partial charge in [-0.1, -0.05) is 0 Å². The summed E-state index contributed by atoms with van der Waals surface area (Å²) in [5.74, 6) is 1.77. The molecular formula is C17H22IN5O2. The highest BCUT2D eigenvalue weighted by molar-refractivity contribution is 14.1. The maximum absolute atomic E-state index is 12.2. The summed E-state index contributed by atoms with van der Waals surface area (Å²) in [5.41, 5.74) is 0. The zero-order chi connectivity index (χ0) is 17.8. The van der Waals surface area contributed by atoms with E-state index in [1.165, 1.54) is 0 Å². The fourth-order valence-electron chi connectivity index (χ4n) is 2.93. The maximum atomic E-state index is 12.2. The molecule has 25 heavy (non-hydrogen) atoms. The predicted molar refractivity (Wildman–Crippen MR) is 105 cm³/mol. The highest BCUT2D eigenvalue weighted by atomic mass is 127. The van der Waals surface area contributed by atoms with Crippen LogP contribution in [0.1, 0.15) is 36.2 Å². The second-order valence-electron chi connectivity index (χ2n) is 6.40. The van der Waals surface area contributed by atoms with Crippen molar-refractivity contribution in [1.82, 2.24) is 15.3 Å². The topological polar surface area (TPSA) is 83.3 Å². The Kier molecular flexibility index (Phi) is 5.77. The summed E-state index contributed by atoms with van der Waals surface area (Å²) < 4.78 is 6.08. The first-order valence-electron chi connectivity index (χ1n) is 8.34. The van der Waals surface area contributed by atoms with E-state index in [4.69, 9.17) is 4.42 Å². The number of amides is 1.